The van der Waals surface area contributed by atoms with Crippen LogP contribution in [0.15, 0.2) is 77.6 Å². The second-order valence-corrected chi connectivity index (χ2v) is 9.01. The number of para-hydroxylation sites is 1. The van der Waals surface area contributed by atoms with Crippen LogP contribution in [0.5, 0.6) is 5.75 Å². The summed E-state index contributed by atoms with van der Waals surface area (Å²) in [5.74, 6) is 1.22. The smallest absolute Gasteiger partial charge is 0.265 e. The second kappa shape index (κ2) is 10.9. The SMILES string of the molecule is COc1ccc([C@H](CNC(=O)c2ccc(-n3c(C)nc4ccccc4c3=O)cc2)N2CCOCC2)cc1. The molecule has 1 aliphatic rings. The summed E-state index contributed by atoms with van der Waals surface area (Å²) in [6.07, 6.45) is 0. The number of fused-ring (bicyclic) bond motifs is 1. The third kappa shape index (κ3) is 5.26. The summed E-state index contributed by atoms with van der Waals surface area (Å²) < 4.78 is 12.4. The van der Waals surface area contributed by atoms with Crippen molar-refractivity contribution in [3.63, 3.8) is 0 Å². The molecule has 0 unspecified atom stereocenters. The van der Waals surface area contributed by atoms with Crippen LogP contribution in [-0.4, -0.2) is 60.3 Å². The molecule has 1 aromatic heterocycles. The lowest BCUT2D eigenvalue weighted by Crippen LogP contribution is -2.43. The van der Waals surface area contributed by atoms with Crippen LogP contribution < -0.4 is 15.6 Å². The summed E-state index contributed by atoms with van der Waals surface area (Å²) in [6, 6.07) is 22.3. The number of nitrogens with one attached hydrogen (secondary N) is 1. The van der Waals surface area contributed by atoms with E-state index >= 15 is 0 Å². The summed E-state index contributed by atoms with van der Waals surface area (Å²) in [5.41, 5.74) is 2.84. The zero-order valence-electron chi connectivity index (χ0n) is 21.0. The van der Waals surface area contributed by atoms with Crippen molar-refractivity contribution in [3.8, 4) is 11.4 Å². The van der Waals surface area contributed by atoms with Gasteiger partial charge in [-0.05, 0) is 61.0 Å². The first-order chi connectivity index (χ1) is 18.0. The molecule has 1 atom stereocenters. The lowest BCUT2D eigenvalue weighted by atomic mass is 10.0. The lowest BCUT2D eigenvalue weighted by molar-refractivity contribution is 0.0162. The molecule has 3 aromatic carbocycles. The van der Waals surface area contributed by atoms with Crippen molar-refractivity contribution in [2.75, 3.05) is 40.0 Å². The highest BCUT2D eigenvalue weighted by Crippen LogP contribution is 2.24. The van der Waals surface area contributed by atoms with Crippen LogP contribution in [-0.2, 0) is 4.74 Å². The number of nitrogens with zero attached hydrogens (tertiary/aromatic N) is 3. The fourth-order valence-corrected chi connectivity index (χ4v) is 4.77. The van der Waals surface area contributed by atoms with Crippen molar-refractivity contribution < 1.29 is 14.3 Å². The molecule has 1 amide bonds. The fraction of sp³-hybridized carbons (Fsp3) is 0.276. The zero-order valence-corrected chi connectivity index (χ0v) is 21.0. The number of hydrogen-bond donors (Lipinski definition) is 1. The van der Waals surface area contributed by atoms with Gasteiger partial charge in [-0.25, -0.2) is 4.98 Å². The van der Waals surface area contributed by atoms with E-state index in [4.69, 9.17) is 9.47 Å². The molecule has 0 spiro atoms. The lowest BCUT2D eigenvalue weighted by Gasteiger charge is -2.35. The minimum absolute atomic E-state index is 0.0166. The highest BCUT2D eigenvalue weighted by Gasteiger charge is 2.23. The van der Waals surface area contributed by atoms with Gasteiger partial charge in [-0.15, -0.1) is 0 Å². The standard InChI is InChI=1S/C29H30N4O4/c1-20-31-26-6-4-3-5-25(26)29(35)33(20)23-11-7-22(8-12-23)28(34)30-19-27(32-15-17-37-18-16-32)21-9-13-24(36-2)14-10-21/h3-14,27H,15-19H2,1-2H3,(H,30,34)/t27-/m0/s1. The summed E-state index contributed by atoms with van der Waals surface area (Å²) in [6.45, 7) is 5.21. The highest BCUT2D eigenvalue weighted by atomic mass is 16.5. The Kier molecular flexibility index (Phi) is 7.30. The Labute approximate surface area is 215 Å². The molecule has 8 nitrogen and oxygen atoms in total. The molecule has 190 valence electrons. The molecule has 0 radical (unpaired) electrons. The molecule has 0 bridgehead atoms. The summed E-state index contributed by atoms with van der Waals surface area (Å²) >= 11 is 0. The second-order valence-electron chi connectivity index (χ2n) is 9.01. The van der Waals surface area contributed by atoms with Gasteiger partial charge in [-0.3, -0.25) is 19.1 Å². The first kappa shape index (κ1) is 24.7. The van der Waals surface area contributed by atoms with Gasteiger partial charge in [0, 0.05) is 25.2 Å². The van der Waals surface area contributed by atoms with Crippen molar-refractivity contribution in [1.82, 2.24) is 19.8 Å². The Bertz CT molecular complexity index is 1440. The average molecular weight is 499 g/mol. The van der Waals surface area contributed by atoms with Crippen molar-refractivity contribution >= 4 is 16.8 Å². The van der Waals surface area contributed by atoms with Gasteiger partial charge in [0.15, 0.2) is 0 Å². The van der Waals surface area contributed by atoms with Gasteiger partial charge >= 0.3 is 0 Å². The number of benzene rings is 3. The molecule has 4 aromatic rings. The minimum atomic E-state index is -0.168. The van der Waals surface area contributed by atoms with Crippen molar-refractivity contribution in [1.29, 1.82) is 0 Å². The number of ether oxygens (including phenoxy) is 2. The summed E-state index contributed by atoms with van der Waals surface area (Å²) in [7, 11) is 1.65. The van der Waals surface area contributed by atoms with Crippen LogP contribution in [0.1, 0.15) is 27.8 Å². The predicted molar refractivity (Wildman–Crippen MR) is 143 cm³/mol. The van der Waals surface area contributed by atoms with Gasteiger partial charge in [0.1, 0.15) is 11.6 Å². The Morgan fingerprint density at radius 3 is 2.43 bits per heavy atom. The van der Waals surface area contributed by atoms with E-state index in [2.05, 4.69) is 15.2 Å². The monoisotopic (exact) mass is 498 g/mol. The largest absolute Gasteiger partial charge is 0.497 e. The molecule has 1 aliphatic heterocycles. The molecule has 2 heterocycles. The van der Waals surface area contributed by atoms with Crippen LogP contribution in [0.3, 0.4) is 0 Å². The van der Waals surface area contributed by atoms with E-state index < -0.39 is 0 Å². The topological polar surface area (TPSA) is 85.7 Å². The molecule has 0 saturated carbocycles. The van der Waals surface area contributed by atoms with E-state index in [0.29, 0.717) is 47.7 Å². The van der Waals surface area contributed by atoms with E-state index in [1.807, 2.05) is 42.5 Å². The third-order valence-corrected chi connectivity index (χ3v) is 6.77. The molecule has 37 heavy (non-hydrogen) atoms. The van der Waals surface area contributed by atoms with E-state index in [0.717, 1.165) is 24.4 Å². The van der Waals surface area contributed by atoms with Crippen LogP contribution in [0.25, 0.3) is 16.6 Å². The molecule has 1 N–H and O–H groups in total. The molecule has 1 saturated heterocycles. The Balaban J connectivity index is 1.33. The minimum Gasteiger partial charge on any atom is -0.497 e. The number of aromatic nitrogens is 2. The van der Waals surface area contributed by atoms with Crippen molar-refractivity contribution in [2.24, 2.45) is 0 Å². The number of carbonyl (C=O) groups excluding carboxylic acids is 1. The third-order valence-electron chi connectivity index (χ3n) is 6.77. The zero-order chi connectivity index (χ0) is 25.8. The van der Waals surface area contributed by atoms with Gasteiger partial charge in [0.05, 0.1) is 43.0 Å². The van der Waals surface area contributed by atoms with Crippen molar-refractivity contribution in [2.45, 2.75) is 13.0 Å². The van der Waals surface area contributed by atoms with E-state index in [1.54, 1.807) is 48.9 Å². The van der Waals surface area contributed by atoms with Crippen LogP contribution >= 0.6 is 0 Å². The van der Waals surface area contributed by atoms with E-state index in [-0.39, 0.29) is 17.5 Å². The predicted octanol–water partition coefficient (Wildman–Crippen LogP) is 3.51. The van der Waals surface area contributed by atoms with E-state index in [1.165, 1.54) is 0 Å². The molecular formula is C29H30N4O4. The van der Waals surface area contributed by atoms with Gasteiger partial charge < -0.3 is 14.8 Å². The van der Waals surface area contributed by atoms with Crippen LogP contribution in [0.2, 0.25) is 0 Å². The maximum Gasteiger partial charge on any atom is 0.265 e. The van der Waals surface area contributed by atoms with Gasteiger partial charge in [0.2, 0.25) is 0 Å². The van der Waals surface area contributed by atoms with Crippen LogP contribution in [0, 0.1) is 6.92 Å². The maximum atomic E-state index is 13.1. The average Bonchev–Trinajstić information content (AvgIpc) is 2.94. The van der Waals surface area contributed by atoms with Gasteiger partial charge in [0.25, 0.3) is 11.5 Å². The Morgan fingerprint density at radius 2 is 1.73 bits per heavy atom. The first-order valence-electron chi connectivity index (χ1n) is 12.4. The van der Waals surface area contributed by atoms with Crippen molar-refractivity contribution in [3.05, 3.63) is 100 Å². The maximum absolute atomic E-state index is 13.1. The number of morpholine rings is 1. The van der Waals surface area contributed by atoms with Gasteiger partial charge in [-0.1, -0.05) is 24.3 Å². The number of rotatable bonds is 7. The Morgan fingerprint density at radius 1 is 1.03 bits per heavy atom. The first-order valence-corrected chi connectivity index (χ1v) is 12.4. The Hall–Kier alpha value is -4.01. The molecule has 8 heteroatoms. The quantitative estimate of drug-likeness (QED) is 0.420. The fourth-order valence-electron chi connectivity index (χ4n) is 4.77. The number of hydrogen-bond acceptors (Lipinski definition) is 6. The molecule has 0 aliphatic carbocycles. The highest BCUT2D eigenvalue weighted by molar-refractivity contribution is 5.94. The van der Waals surface area contributed by atoms with Crippen LogP contribution in [0.4, 0.5) is 0 Å². The summed E-state index contributed by atoms with van der Waals surface area (Å²) in [5, 5.41) is 3.65. The molecular weight excluding hydrogens is 468 g/mol. The number of aryl methyl sites for hydroxylation is 1. The number of methoxy groups -OCH3 is 1. The number of amides is 1. The normalized spacial score (nSPS) is 14.9. The number of carbonyl (C=O) groups is 1. The van der Waals surface area contributed by atoms with E-state index in [9.17, 15) is 9.59 Å². The molecule has 5 rings (SSSR count). The van der Waals surface area contributed by atoms with Gasteiger partial charge in [-0.2, -0.15) is 0 Å². The molecule has 1 fully saturated rings. The summed E-state index contributed by atoms with van der Waals surface area (Å²) in [4.78, 5) is 33.1.